The highest BCUT2D eigenvalue weighted by Gasteiger charge is 2.14. The number of benzene rings is 1. The summed E-state index contributed by atoms with van der Waals surface area (Å²) in [5.74, 6) is -0.105. The zero-order chi connectivity index (χ0) is 13.3. The Bertz CT molecular complexity index is 627. The molecule has 0 aliphatic heterocycles. The number of ether oxygens (including phenoxy) is 2. The topological polar surface area (TPSA) is 68.7 Å². The monoisotopic (exact) mass is 267 g/mol. The van der Waals surface area contributed by atoms with Crippen LogP contribution in [0.1, 0.15) is 10.4 Å². The maximum atomic E-state index is 11.0. The van der Waals surface area contributed by atoms with Crippen LogP contribution in [0.3, 0.4) is 0 Å². The van der Waals surface area contributed by atoms with Gasteiger partial charge in [-0.3, -0.25) is 0 Å². The second-order valence-electron chi connectivity index (χ2n) is 3.53. The predicted octanol–water partition coefficient (Wildman–Crippen LogP) is 2.60. The molecule has 0 fully saturated rings. The van der Waals surface area contributed by atoms with Crippen molar-refractivity contribution in [3.05, 3.63) is 28.9 Å². The lowest BCUT2D eigenvalue weighted by Gasteiger charge is -2.09. The van der Waals surface area contributed by atoms with Crippen molar-refractivity contribution in [2.75, 3.05) is 14.2 Å². The summed E-state index contributed by atoms with van der Waals surface area (Å²) in [6.07, 6.45) is 0. The van der Waals surface area contributed by atoms with Gasteiger partial charge in [0.05, 0.1) is 25.3 Å². The molecule has 0 spiro atoms. The van der Waals surface area contributed by atoms with Crippen LogP contribution < -0.4 is 9.47 Å². The molecule has 1 aromatic heterocycles. The van der Waals surface area contributed by atoms with Gasteiger partial charge in [-0.2, -0.15) is 0 Å². The van der Waals surface area contributed by atoms with Crippen molar-refractivity contribution in [3.8, 4) is 11.5 Å². The molecule has 0 saturated carbocycles. The molecule has 2 rings (SSSR count). The van der Waals surface area contributed by atoms with E-state index in [0.29, 0.717) is 22.4 Å². The molecule has 0 aliphatic carbocycles. The number of nitrogens with zero attached hydrogens (tertiary/aromatic N) is 1. The molecule has 1 aromatic carbocycles. The van der Waals surface area contributed by atoms with Crippen molar-refractivity contribution in [3.63, 3.8) is 0 Å². The van der Waals surface area contributed by atoms with Crippen molar-refractivity contribution in [1.82, 2.24) is 4.98 Å². The van der Waals surface area contributed by atoms with Crippen molar-refractivity contribution in [2.45, 2.75) is 0 Å². The summed E-state index contributed by atoms with van der Waals surface area (Å²) in [6, 6.07) is 4.75. The number of carboxylic acid groups (broad SMARTS) is 1. The van der Waals surface area contributed by atoms with Crippen LogP contribution in [-0.2, 0) is 0 Å². The van der Waals surface area contributed by atoms with Crippen LogP contribution in [0, 0.1) is 0 Å². The number of hydrogen-bond acceptors (Lipinski definition) is 4. The van der Waals surface area contributed by atoms with E-state index in [0.717, 1.165) is 0 Å². The third-order valence-electron chi connectivity index (χ3n) is 2.50. The summed E-state index contributed by atoms with van der Waals surface area (Å²) in [4.78, 5) is 15.0. The summed E-state index contributed by atoms with van der Waals surface area (Å²) in [6.45, 7) is 0. The third-order valence-corrected chi connectivity index (χ3v) is 2.79. The summed E-state index contributed by atoms with van der Waals surface area (Å²) in [7, 11) is 3.02. The molecule has 0 atom stereocenters. The Morgan fingerprint density at radius 1 is 1.22 bits per heavy atom. The van der Waals surface area contributed by atoms with Crippen LogP contribution in [0.25, 0.3) is 10.9 Å². The Balaban J connectivity index is 2.73. The largest absolute Gasteiger partial charge is 0.493 e. The molecular formula is C12H10ClNO4. The Kier molecular flexibility index (Phi) is 3.25. The molecule has 0 amide bonds. The van der Waals surface area contributed by atoms with Crippen LogP contribution in [0.5, 0.6) is 11.5 Å². The second-order valence-corrected chi connectivity index (χ2v) is 3.89. The Morgan fingerprint density at radius 3 is 2.39 bits per heavy atom. The van der Waals surface area contributed by atoms with E-state index in [-0.39, 0.29) is 10.7 Å². The normalized spacial score (nSPS) is 10.4. The summed E-state index contributed by atoms with van der Waals surface area (Å²) < 4.78 is 10.3. The first kappa shape index (κ1) is 12.4. The highest BCUT2D eigenvalue weighted by Crippen LogP contribution is 2.32. The van der Waals surface area contributed by atoms with Gasteiger partial charge in [0.1, 0.15) is 5.15 Å². The van der Waals surface area contributed by atoms with Gasteiger partial charge in [-0.15, -0.1) is 0 Å². The molecular weight excluding hydrogens is 258 g/mol. The zero-order valence-electron chi connectivity index (χ0n) is 9.73. The average Bonchev–Trinajstić information content (AvgIpc) is 2.36. The molecule has 0 saturated heterocycles. The summed E-state index contributed by atoms with van der Waals surface area (Å²) in [5.41, 5.74) is 0.499. The number of pyridine rings is 1. The van der Waals surface area contributed by atoms with Crippen LogP contribution in [0.2, 0.25) is 5.15 Å². The fourth-order valence-corrected chi connectivity index (χ4v) is 1.85. The van der Waals surface area contributed by atoms with E-state index in [2.05, 4.69) is 4.98 Å². The average molecular weight is 268 g/mol. The molecule has 2 aromatic rings. The first-order chi connectivity index (χ1) is 8.56. The second kappa shape index (κ2) is 4.70. The first-order valence-corrected chi connectivity index (χ1v) is 5.40. The summed E-state index contributed by atoms with van der Waals surface area (Å²) >= 11 is 5.80. The fraction of sp³-hybridized carbons (Fsp3) is 0.167. The van der Waals surface area contributed by atoms with Crippen LogP contribution >= 0.6 is 11.6 Å². The van der Waals surface area contributed by atoms with Gasteiger partial charge in [0.25, 0.3) is 0 Å². The maximum Gasteiger partial charge on any atom is 0.338 e. The van der Waals surface area contributed by atoms with Crippen LogP contribution in [0.4, 0.5) is 0 Å². The highest BCUT2D eigenvalue weighted by molar-refractivity contribution is 6.32. The minimum absolute atomic E-state index is 0.0450. The molecule has 0 radical (unpaired) electrons. The lowest BCUT2D eigenvalue weighted by molar-refractivity contribution is 0.0697. The number of aromatic nitrogens is 1. The maximum absolute atomic E-state index is 11.0. The van der Waals surface area contributed by atoms with Gasteiger partial charge in [0.2, 0.25) is 0 Å². The summed E-state index contributed by atoms with van der Waals surface area (Å²) in [5, 5.41) is 9.54. The van der Waals surface area contributed by atoms with E-state index in [1.807, 2.05) is 0 Å². The van der Waals surface area contributed by atoms with Crippen molar-refractivity contribution in [2.24, 2.45) is 0 Å². The Labute approximate surface area is 108 Å². The number of hydrogen-bond donors (Lipinski definition) is 1. The number of aromatic carboxylic acids is 1. The number of halogens is 1. The van der Waals surface area contributed by atoms with Crippen LogP contribution in [-0.4, -0.2) is 30.3 Å². The van der Waals surface area contributed by atoms with E-state index < -0.39 is 5.97 Å². The lowest BCUT2D eigenvalue weighted by Crippen LogP contribution is -2.00. The van der Waals surface area contributed by atoms with E-state index in [4.69, 9.17) is 26.2 Å². The number of fused-ring (bicyclic) bond motifs is 1. The minimum Gasteiger partial charge on any atom is -0.493 e. The molecule has 1 N–H and O–H groups in total. The molecule has 94 valence electrons. The van der Waals surface area contributed by atoms with E-state index >= 15 is 0 Å². The van der Waals surface area contributed by atoms with Gasteiger partial charge in [0, 0.05) is 11.5 Å². The third kappa shape index (κ3) is 2.04. The Hall–Kier alpha value is -2.01. The van der Waals surface area contributed by atoms with Crippen molar-refractivity contribution in [1.29, 1.82) is 0 Å². The zero-order valence-corrected chi connectivity index (χ0v) is 10.5. The predicted molar refractivity (Wildman–Crippen MR) is 66.8 cm³/mol. The van der Waals surface area contributed by atoms with Crippen molar-refractivity contribution < 1.29 is 19.4 Å². The van der Waals surface area contributed by atoms with Gasteiger partial charge < -0.3 is 14.6 Å². The number of carbonyl (C=O) groups is 1. The first-order valence-electron chi connectivity index (χ1n) is 5.02. The Morgan fingerprint density at radius 2 is 1.83 bits per heavy atom. The van der Waals surface area contributed by atoms with Gasteiger partial charge >= 0.3 is 5.97 Å². The van der Waals surface area contributed by atoms with Gasteiger partial charge in [-0.1, -0.05) is 11.6 Å². The van der Waals surface area contributed by atoms with Gasteiger partial charge in [-0.05, 0) is 12.1 Å². The van der Waals surface area contributed by atoms with Crippen LogP contribution in [0.15, 0.2) is 18.2 Å². The molecule has 1 heterocycles. The molecule has 18 heavy (non-hydrogen) atoms. The highest BCUT2D eigenvalue weighted by atomic mass is 35.5. The SMILES string of the molecule is COc1cc2cc(C(=O)O)c(Cl)nc2cc1OC. The standard InChI is InChI=1S/C12H10ClNO4/c1-17-9-4-6-3-7(12(15)16)11(13)14-8(6)5-10(9)18-2/h3-5H,1-2H3,(H,15,16). The van der Waals surface area contributed by atoms with Gasteiger partial charge in [0.15, 0.2) is 11.5 Å². The number of carboxylic acids is 1. The quantitative estimate of drug-likeness (QED) is 0.866. The van der Waals surface area contributed by atoms with E-state index in [1.165, 1.54) is 20.3 Å². The molecule has 0 bridgehead atoms. The van der Waals surface area contributed by atoms with E-state index in [1.54, 1.807) is 12.1 Å². The fourth-order valence-electron chi connectivity index (χ4n) is 1.63. The minimum atomic E-state index is -1.12. The lowest BCUT2D eigenvalue weighted by atomic mass is 10.1. The molecule has 0 unspecified atom stereocenters. The van der Waals surface area contributed by atoms with Gasteiger partial charge in [-0.25, -0.2) is 9.78 Å². The molecule has 5 nitrogen and oxygen atoms in total. The smallest absolute Gasteiger partial charge is 0.338 e. The van der Waals surface area contributed by atoms with E-state index in [9.17, 15) is 4.79 Å². The molecule has 6 heteroatoms. The number of rotatable bonds is 3. The molecule has 0 aliphatic rings. The number of methoxy groups -OCH3 is 2. The van der Waals surface area contributed by atoms with Crippen molar-refractivity contribution >= 4 is 28.5 Å².